The van der Waals surface area contributed by atoms with Gasteiger partial charge in [0, 0.05) is 18.1 Å². The van der Waals surface area contributed by atoms with Gasteiger partial charge in [0.1, 0.15) is 6.33 Å². The zero-order valence-electron chi connectivity index (χ0n) is 12.0. The highest BCUT2D eigenvalue weighted by Gasteiger charge is 2.49. The van der Waals surface area contributed by atoms with Crippen LogP contribution in [0, 0.1) is 11.2 Å². The maximum atomic E-state index is 14.1. The molecule has 1 fully saturated rings. The molecular weight excluding hydrogens is 245 g/mol. The molecule has 4 nitrogen and oxygen atoms in total. The Morgan fingerprint density at radius 1 is 1.42 bits per heavy atom. The van der Waals surface area contributed by atoms with Crippen LogP contribution in [-0.2, 0) is 11.2 Å². The molecule has 106 valence electrons. The summed E-state index contributed by atoms with van der Waals surface area (Å²) in [4.78, 5) is 7.95. The predicted octanol–water partition coefficient (Wildman–Crippen LogP) is 2.79. The zero-order chi connectivity index (χ0) is 14.0. The van der Waals surface area contributed by atoms with Crippen molar-refractivity contribution in [2.75, 3.05) is 11.9 Å². The van der Waals surface area contributed by atoms with Crippen LogP contribution in [0.1, 0.15) is 39.8 Å². The average Bonchev–Trinajstić information content (AvgIpc) is 2.39. The van der Waals surface area contributed by atoms with E-state index in [-0.39, 0.29) is 23.4 Å². The predicted molar refractivity (Wildman–Crippen MR) is 72.6 cm³/mol. The van der Waals surface area contributed by atoms with Crippen molar-refractivity contribution in [1.82, 2.24) is 9.97 Å². The minimum atomic E-state index is -0.333. The molecule has 2 atom stereocenters. The first-order valence-electron chi connectivity index (χ1n) is 6.88. The number of anilines is 1. The number of rotatable bonds is 5. The van der Waals surface area contributed by atoms with Crippen LogP contribution < -0.4 is 5.32 Å². The van der Waals surface area contributed by atoms with Gasteiger partial charge in [0.25, 0.3) is 0 Å². The van der Waals surface area contributed by atoms with E-state index in [2.05, 4.69) is 29.1 Å². The van der Waals surface area contributed by atoms with Gasteiger partial charge in [-0.3, -0.25) is 0 Å². The summed E-state index contributed by atoms with van der Waals surface area (Å²) < 4.78 is 19.7. The molecule has 1 aliphatic rings. The fourth-order valence-corrected chi connectivity index (χ4v) is 2.53. The molecule has 5 heteroatoms. The number of halogens is 1. The SMILES string of the molecule is CCOC1CC(Nc2ncnc(CC)c2F)C1(C)C. The molecule has 1 N–H and O–H groups in total. The summed E-state index contributed by atoms with van der Waals surface area (Å²) in [6, 6.07) is 0.179. The summed E-state index contributed by atoms with van der Waals surface area (Å²) in [5.41, 5.74) is 0.441. The van der Waals surface area contributed by atoms with Gasteiger partial charge in [-0.15, -0.1) is 0 Å². The molecule has 0 saturated heterocycles. The molecule has 2 unspecified atom stereocenters. The van der Waals surface area contributed by atoms with Crippen molar-refractivity contribution in [3.8, 4) is 0 Å². The normalized spacial score (nSPS) is 24.9. The monoisotopic (exact) mass is 267 g/mol. The van der Waals surface area contributed by atoms with Crippen LogP contribution in [0.2, 0.25) is 0 Å². The molecule has 0 spiro atoms. The lowest BCUT2D eigenvalue weighted by Gasteiger charge is -2.51. The van der Waals surface area contributed by atoms with Crippen molar-refractivity contribution >= 4 is 5.82 Å². The summed E-state index contributed by atoms with van der Waals surface area (Å²) >= 11 is 0. The molecule has 0 aliphatic heterocycles. The van der Waals surface area contributed by atoms with Gasteiger partial charge in [-0.2, -0.15) is 0 Å². The number of aromatic nitrogens is 2. The van der Waals surface area contributed by atoms with Crippen molar-refractivity contribution < 1.29 is 9.13 Å². The van der Waals surface area contributed by atoms with E-state index in [4.69, 9.17) is 4.74 Å². The third-order valence-electron chi connectivity index (χ3n) is 4.05. The lowest BCUT2D eigenvalue weighted by atomic mass is 9.64. The van der Waals surface area contributed by atoms with Gasteiger partial charge in [0.2, 0.25) is 0 Å². The van der Waals surface area contributed by atoms with Crippen LogP contribution in [0.5, 0.6) is 0 Å². The van der Waals surface area contributed by atoms with Gasteiger partial charge in [0.05, 0.1) is 11.8 Å². The van der Waals surface area contributed by atoms with E-state index in [0.717, 1.165) is 6.42 Å². The van der Waals surface area contributed by atoms with Crippen LogP contribution in [0.15, 0.2) is 6.33 Å². The Morgan fingerprint density at radius 2 is 2.16 bits per heavy atom. The van der Waals surface area contributed by atoms with Gasteiger partial charge in [-0.25, -0.2) is 14.4 Å². The first-order chi connectivity index (χ1) is 9.00. The van der Waals surface area contributed by atoms with Gasteiger partial charge < -0.3 is 10.1 Å². The maximum Gasteiger partial charge on any atom is 0.186 e. The largest absolute Gasteiger partial charge is 0.378 e. The Hall–Kier alpha value is -1.23. The Labute approximate surface area is 113 Å². The third-order valence-corrected chi connectivity index (χ3v) is 4.05. The van der Waals surface area contributed by atoms with Crippen LogP contribution >= 0.6 is 0 Å². The van der Waals surface area contributed by atoms with E-state index < -0.39 is 0 Å². The molecule has 1 saturated carbocycles. The Kier molecular flexibility index (Phi) is 4.04. The van der Waals surface area contributed by atoms with Crippen LogP contribution in [-0.4, -0.2) is 28.7 Å². The minimum absolute atomic E-state index is 0.0141. The first-order valence-corrected chi connectivity index (χ1v) is 6.88. The average molecular weight is 267 g/mol. The van der Waals surface area contributed by atoms with Crippen LogP contribution in [0.3, 0.4) is 0 Å². The number of ether oxygens (including phenoxy) is 1. The second kappa shape index (κ2) is 5.41. The first kappa shape index (κ1) is 14.2. The maximum absolute atomic E-state index is 14.1. The Morgan fingerprint density at radius 3 is 2.74 bits per heavy atom. The third kappa shape index (κ3) is 2.56. The van der Waals surface area contributed by atoms with Crippen molar-refractivity contribution in [2.24, 2.45) is 5.41 Å². The second-order valence-corrected chi connectivity index (χ2v) is 5.53. The van der Waals surface area contributed by atoms with Gasteiger partial charge in [0.15, 0.2) is 11.6 Å². The van der Waals surface area contributed by atoms with E-state index >= 15 is 0 Å². The molecule has 1 aromatic heterocycles. The van der Waals surface area contributed by atoms with Gasteiger partial charge >= 0.3 is 0 Å². The van der Waals surface area contributed by atoms with Crippen molar-refractivity contribution in [3.05, 3.63) is 17.8 Å². The zero-order valence-corrected chi connectivity index (χ0v) is 12.0. The summed E-state index contributed by atoms with van der Waals surface area (Å²) in [5, 5.41) is 3.19. The molecule has 0 aromatic carbocycles. The molecule has 1 aromatic rings. The molecule has 1 heterocycles. The molecule has 19 heavy (non-hydrogen) atoms. The standard InChI is InChI=1S/C14H22FN3O/c1-5-9-12(15)13(17-8-16-9)18-10-7-11(19-6-2)14(10,3)4/h8,10-11H,5-7H2,1-4H3,(H,16,17,18). The Balaban J connectivity index is 2.07. The quantitative estimate of drug-likeness (QED) is 0.891. The molecule has 0 bridgehead atoms. The molecular formula is C14H22FN3O. The molecule has 2 rings (SSSR count). The van der Waals surface area contributed by atoms with Gasteiger partial charge in [-0.05, 0) is 19.8 Å². The van der Waals surface area contributed by atoms with Crippen LogP contribution in [0.4, 0.5) is 10.2 Å². The van der Waals surface area contributed by atoms with Crippen molar-refractivity contribution in [2.45, 2.75) is 52.7 Å². The smallest absolute Gasteiger partial charge is 0.186 e. The lowest BCUT2D eigenvalue weighted by Crippen LogP contribution is -2.58. The van der Waals surface area contributed by atoms with Gasteiger partial charge in [-0.1, -0.05) is 20.8 Å². The topological polar surface area (TPSA) is 47.0 Å². The van der Waals surface area contributed by atoms with E-state index in [1.165, 1.54) is 6.33 Å². The summed E-state index contributed by atoms with van der Waals surface area (Å²) in [5.74, 6) is -0.0273. The van der Waals surface area contributed by atoms with E-state index in [1.807, 2.05) is 13.8 Å². The fraction of sp³-hybridized carbons (Fsp3) is 0.714. The molecule has 1 aliphatic carbocycles. The lowest BCUT2D eigenvalue weighted by molar-refractivity contribution is -0.0977. The number of hydrogen-bond acceptors (Lipinski definition) is 4. The minimum Gasteiger partial charge on any atom is -0.378 e. The summed E-state index contributed by atoms with van der Waals surface area (Å²) in [6.45, 7) is 8.85. The van der Waals surface area contributed by atoms with Crippen molar-refractivity contribution in [3.63, 3.8) is 0 Å². The number of nitrogens with one attached hydrogen (secondary N) is 1. The van der Waals surface area contributed by atoms with Crippen LogP contribution in [0.25, 0.3) is 0 Å². The van der Waals surface area contributed by atoms with Crippen molar-refractivity contribution in [1.29, 1.82) is 0 Å². The number of aryl methyl sites for hydroxylation is 1. The van der Waals surface area contributed by atoms with E-state index in [9.17, 15) is 4.39 Å². The number of nitrogens with zero attached hydrogens (tertiary/aromatic N) is 2. The fourth-order valence-electron chi connectivity index (χ4n) is 2.53. The molecule has 0 radical (unpaired) electrons. The Bertz CT molecular complexity index is 450. The summed E-state index contributed by atoms with van der Waals surface area (Å²) in [6.07, 6.45) is 3.09. The highest BCUT2D eigenvalue weighted by Crippen LogP contribution is 2.44. The molecule has 0 amide bonds. The second-order valence-electron chi connectivity index (χ2n) is 5.53. The summed E-state index contributed by atoms with van der Waals surface area (Å²) in [7, 11) is 0. The highest BCUT2D eigenvalue weighted by molar-refractivity contribution is 5.40. The van der Waals surface area contributed by atoms with E-state index in [0.29, 0.717) is 24.5 Å². The number of hydrogen-bond donors (Lipinski definition) is 1. The van der Waals surface area contributed by atoms with E-state index in [1.54, 1.807) is 0 Å². The highest BCUT2D eigenvalue weighted by atomic mass is 19.1.